The average molecular weight is 378 g/mol. The molecule has 0 saturated heterocycles. The molecule has 2 N–H and O–H groups in total. The molecule has 0 aliphatic carbocycles. The summed E-state index contributed by atoms with van der Waals surface area (Å²) in [6.07, 6.45) is 0.944. The molecule has 1 aliphatic heterocycles. The van der Waals surface area contributed by atoms with Crippen LogP contribution in [0.2, 0.25) is 0 Å². The molecule has 1 aliphatic rings. The van der Waals surface area contributed by atoms with Gasteiger partial charge in [0.1, 0.15) is 11.6 Å². The number of aliphatic hydroxyl groups is 1. The van der Waals surface area contributed by atoms with Gasteiger partial charge in [-0.05, 0) is 55.7 Å². The van der Waals surface area contributed by atoms with Gasteiger partial charge in [0.25, 0.3) is 0 Å². The van der Waals surface area contributed by atoms with Gasteiger partial charge in [0.2, 0.25) is 5.95 Å². The van der Waals surface area contributed by atoms with Crippen molar-refractivity contribution in [2.75, 3.05) is 16.8 Å². The van der Waals surface area contributed by atoms with Crippen LogP contribution in [0.25, 0.3) is 0 Å². The van der Waals surface area contributed by atoms with Crippen LogP contribution in [-0.2, 0) is 13.0 Å². The Labute approximate surface area is 163 Å². The van der Waals surface area contributed by atoms with Gasteiger partial charge < -0.3 is 15.3 Å². The second-order valence-corrected chi connectivity index (χ2v) is 7.05. The predicted molar refractivity (Wildman–Crippen MR) is 108 cm³/mol. The fourth-order valence-electron chi connectivity index (χ4n) is 3.76. The first-order valence-electron chi connectivity index (χ1n) is 9.42. The third kappa shape index (κ3) is 3.43. The highest BCUT2D eigenvalue weighted by Gasteiger charge is 2.27. The summed E-state index contributed by atoms with van der Waals surface area (Å²) in [6, 6.07) is 14.7. The van der Waals surface area contributed by atoms with E-state index < -0.39 is 0 Å². The number of nitrogens with zero attached hydrogens (tertiary/aromatic N) is 3. The molecular formula is C22H23FN4O. The SMILES string of the molecule is Cc1c(CO)nc(Nc2ccc(F)cc2)nc1N1CCc2ccccc2C1C. The van der Waals surface area contributed by atoms with Crippen molar-refractivity contribution in [3.8, 4) is 0 Å². The number of hydrogen-bond donors (Lipinski definition) is 2. The number of halogens is 1. The van der Waals surface area contributed by atoms with E-state index >= 15 is 0 Å². The van der Waals surface area contributed by atoms with Gasteiger partial charge in [0.05, 0.1) is 18.3 Å². The highest BCUT2D eigenvalue weighted by atomic mass is 19.1. The minimum Gasteiger partial charge on any atom is -0.390 e. The molecule has 5 nitrogen and oxygen atoms in total. The second kappa shape index (κ2) is 7.56. The molecule has 28 heavy (non-hydrogen) atoms. The normalized spacial score (nSPS) is 16.0. The number of anilines is 3. The van der Waals surface area contributed by atoms with E-state index in [1.54, 1.807) is 12.1 Å². The van der Waals surface area contributed by atoms with Crippen molar-refractivity contribution < 1.29 is 9.50 Å². The van der Waals surface area contributed by atoms with Crippen LogP contribution >= 0.6 is 0 Å². The quantitative estimate of drug-likeness (QED) is 0.709. The molecule has 0 radical (unpaired) electrons. The van der Waals surface area contributed by atoms with E-state index in [2.05, 4.69) is 46.4 Å². The molecule has 3 aromatic rings. The summed E-state index contributed by atoms with van der Waals surface area (Å²) in [5.41, 5.74) is 4.81. The van der Waals surface area contributed by atoms with Crippen LogP contribution in [0.4, 0.5) is 21.8 Å². The number of nitrogens with one attached hydrogen (secondary N) is 1. The van der Waals surface area contributed by atoms with Crippen LogP contribution in [-0.4, -0.2) is 21.6 Å². The van der Waals surface area contributed by atoms with Crippen molar-refractivity contribution in [1.82, 2.24) is 9.97 Å². The van der Waals surface area contributed by atoms with Gasteiger partial charge in [-0.1, -0.05) is 24.3 Å². The van der Waals surface area contributed by atoms with Crippen LogP contribution in [0.1, 0.15) is 35.3 Å². The smallest absolute Gasteiger partial charge is 0.229 e. The lowest BCUT2D eigenvalue weighted by Crippen LogP contribution is -2.35. The van der Waals surface area contributed by atoms with E-state index in [4.69, 9.17) is 4.98 Å². The molecular weight excluding hydrogens is 355 g/mol. The van der Waals surface area contributed by atoms with Crippen LogP contribution < -0.4 is 10.2 Å². The first-order chi connectivity index (χ1) is 13.6. The molecule has 0 bridgehead atoms. The Morgan fingerprint density at radius 1 is 1.14 bits per heavy atom. The Morgan fingerprint density at radius 2 is 1.89 bits per heavy atom. The van der Waals surface area contributed by atoms with Crippen molar-refractivity contribution in [1.29, 1.82) is 0 Å². The molecule has 1 aromatic heterocycles. The molecule has 0 amide bonds. The molecule has 6 heteroatoms. The second-order valence-electron chi connectivity index (χ2n) is 7.05. The minimum absolute atomic E-state index is 0.168. The monoisotopic (exact) mass is 378 g/mol. The maximum atomic E-state index is 13.2. The number of aromatic nitrogens is 2. The van der Waals surface area contributed by atoms with E-state index in [1.807, 2.05) is 6.92 Å². The van der Waals surface area contributed by atoms with E-state index in [0.29, 0.717) is 17.3 Å². The largest absolute Gasteiger partial charge is 0.390 e. The molecule has 1 unspecified atom stereocenters. The fraction of sp³-hybridized carbons (Fsp3) is 0.273. The molecule has 2 heterocycles. The zero-order valence-electron chi connectivity index (χ0n) is 16.0. The van der Waals surface area contributed by atoms with E-state index in [-0.39, 0.29) is 18.5 Å². The Morgan fingerprint density at radius 3 is 2.64 bits per heavy atom. The zero-order valence-corrected chi connectivity index (χ0v) is 16.0. The molecule has 1 atom stereocenters. The molecule has 0 saturated carbocycles. The highest BCUT2D eigenvalue weighted by molar-refractivity contribution is 5.59. The van der Waals surface area contributed by atoms with Crippen molar-refractivity contribution in [2.45, 2.75) is 32.9 Å². The molecule has 144 valence electrons. The fourth-order valence-corrected chi connectivity index (χ4v) is 3.76. The van der Waals surface area contributed by atoms with Crippen LogP contribution in [0, 0.1) is 12.7 Å². The molecule has 2 aromatic carbocycles. The van der Waals surface area contributed by atoms with Crippen molar-refractivity contribution in [3.63, 3.8) is 0 Å². The molecule has 0 fully saturated rings. The molecule has 4 rings (SSSR count). The number of aliphatic hydroxyl groups excluding tert-OH is 1. The lowest BCUT2D eigenvalue weighted by Gasteiger charge is -2.37. The Bertz CT molecular complexity index is 990. The number of rotatable bonds is 4. The maximum absolute atomic E-state index is 13.2. The lowest BCUT2D eigenvalue weighted by molar-refractivity contribution is 0.276. The summed E-state index contributed by atoms with van der Waals surface area (Å²) in [5, 5.41) is 12.9. The van der Waals surface area contributed by atoms with E-state index in [0.717, 1.165) is 24.3 Å². The van der Waals surface area contributed by atoms with Gasteiger partial charge in [-0.3, -0.25) is 0 Å². The van der Waals surface area contributed by atoms with Gasteiger partial charge >= 0.3 is 0 Å². The Balaban J connectivity index is 1.71. The molecule has 0 spiro atoms. The van der Waals surface area contributed by atoms with Gasteiger partial charge in [-0.2, -0.15) is 4.98 Å². The zero-order chi connectivity index (χ0) is 19.7. The third-order valence-electron chi connectivity index (χ3n) is 5.34. The number of fused-ring (bicyclic) bond motifs is 1. The van der Waals surface area contributed by atoms with Crippen LogP contribution in [0.3, 0.4) is 0 Å². The van der Waals surface area contributed by atoms with Crippen molar-refractivity contribution in [2.24, 2.45) is 0 Å². The predicted octanol–water partition coefficient (Wildman–Crippen LogP) is 4.28. The van der Waals surface area contributed by atoms with Crippen LogP contribution in [0.15, 0.2) is 48.5 Å². The average Bonchev–Trinajstić information content (AvgIpc) is 2.71. The van der Waals surface area contributed by atoms with Crippen molar-refractivity contribution in [3.05, 3.63) is 76.7 Å². The summed E-state index contributed by atoms with van der Waals surface area (Å²) in [6.45, 7) is 4.79. The summed E-state index contributed by atoms with van der Waals surface area (Å²) in [4.78, 5) is 11.4. The van der Waals surface area contributed by atoms with Gasteiger partial charge in [0, 0.05) is 17.8 Å². The minimum atomic E-state index is -0.298. The Kier molecular flexibility index (Phi) is 4.96. The summed E-state index contributed by atoms with van der Waals surface area (Å²) in [7, 11) is 0. The van der Waals surface area contributed by atoms with E-state index in [9.17, 15) is 9.50 Å². The highest BCUT2D eigenvalue weighted by Crippen LogP contribution is 2.35. The number of hydrogen-bond acceptors (Lipinski definition) is 5. The summed E-state index contributed by atoms with van der Waals surface area (Å²) in [5.74, 6) is 0.904. The standard InChI is InChI=1S/C22H23FN4O/c1-14-20(13-28)25-22(24-18-9-7-17(23)8-10-18)26-21(14)27-12-11-16-5-3-4-6-19(16)15(27)2/h3-10,15,28H,11-13H2,1-2H3,(H,24,25,26). The van der Waals surface area contributed by atoms with Crippen LogP contribution in [0.5, 0.6) is 0 Å². The van der Waals surface area contributed by atoms with E-state index in [1.165, 1.54) is 23.3 Å². The summed E-state index contributed by atoms with van der Waals surface area (Å²) >= 11 is 0. The topological polar surface area (TPSA) is 61.3 Å². The lowest BCUT2D eigenvalue weighted by atomic mass is 9.93. The maximum Gasteiger partial charge on any atom is 0.229 e. The Hall–Kier alpha value is -2.99. The first-order valence-corrected chi connectivity index (χ1v) is 9.42. The van der Waals surface area contributed by atoms with Gasteiger partial charge in [0.15, 0.2) is 0 Å². The summed E-state index contributed by atoms with van der Waals surface area (Å²) < 4.78 is 13.2. The number of benzene rings is 2. The van der Waals surface area contributed by atoms with Crippen molar-refractivity contribution >= 4 is 17.5 Å². The first kappa shape index (κ1) is 18.4. The van der Waals surface area contributed by atoms with Gasteiger partial charge in [-0.15, -0.1) is 0 Å². The van der Waals surface area contributed by atoms with Gasteiger partial charge in [-0.25, -0.2) is 9.37 Å². The third-order valence-corrected chi connectivity index (χ3v) is 5.34.